The van der Waals surface area contributed by atoms with E-state index >= 15 is 0 Å². The molecule has 0 bridgehead atoms. The number of rotatable bonds is 4. The SMILES string of the molecule is COc1ccc(C(c2ccc(C)cc2)C(C)O)cc1. The predicted molar refractivity (Wildman–Crippen MR) is 77.7 cm³/mol. The van der Waals surface area contributed by atoms with Gasteiger partial charge in [-0.2, -0.15) is 0 Å². The first-order valence-electron chi connectivity index (χ1n) is 6.50. The maximum absolute atomic E-state index is 10.1. The van der Waals surface area contributed by atoms with Gasteiger partial charge in [0.25, 0.3) is 0 Å². The molecule has 19 heavy (non-hydrogen) atoms. The molecule has 0 amide bonds. The number of hydrogen-bond acceptors (Lipinski definition) is 2. The zero-order chi connectivity index (χ0) is 13.8. The molecular weight excluding hydrogens is 236 g/mol. The van der Waals surface area contributed by atoms with Gasteiger partial charge < -0.3 is 9.84 Å². The van der Waals surface area contributed by atoms with Crippen LogP contribution in [0.15, 0.2) is 48.5 Å². The van der Waals surface area contributed by atoms with Gasteiger partial charge in [-0.3, -0.25) is 0 Å². The molecule has 0 aromatic heterocycles. The smallest absolute Gasteiger partial charge is 0.118 e. The average Bonchev–Trinajstić information content (AvgIpc) is 2.42. The van der Waals surface area contributed by atoms with E-state index in [2.05, 4.69) is 31.2 Å². The van der Waals surface area contributed by atoms with Crippen molar-refractivity contribution in [3.63, 3.8) is 0 Å². The summed E-state index contributed by atoms with van der Waals surface area (Å²) in [6.45, 7) is 3.89. The van der Waals surface area contributed by atoms with Crippen molar-refractivity contribution < 1.29 is 9.84 Å². The molecule has 0 saturated carbocycles. The first-order valence-corrected chi connectivity index (χ1v) is 6.50. The molecule has 2 unspecified atom stereocenters. The maximum Gasteiger partial charge on any atom is 0.118 e. The minimum Gasteiger partial charge on any atom is -0.497 e. The van der Waals surface area contributed by atoms with Crippen LogP contribution in [0, 0.1) is 6.92 Å². The molecule has 0 heterocycles. The molecular formula is C17H20O2. The Morgan fingerprint density at radius 3 is 1.79 bits per heavy atom. The van der Waals surface area contributed by atoms with Crippen LogP contribution in [0.25, 0.3) is 0 Å². The monoisotopic (exact) mass is 256 g/mol. The van der Waals surface area contributed by atoms with Crippen molar-refractivity contribution in [2.45, 2.75) is 25.9 Å². The van der Waals surface area contributed by atoms with Crippen LogP contribution in [0.1, 0.15) is 29.5 Å². The van der Waals surface area contributed by atoms with E-state index < -0.39 is 6.10 Å². The molecule has 2 aromatic rings. The normalized spacial score (nSPS) is 13.9. The van der Waals surface area contributed by atoms with Crippen LogP contribution in [0.3, 0.4) is 0 Å². The molecule has 0 aliphatic rings. The number of benzene rings is 2. The van der Waals surface area contributed by atoms with Crippen molar-refractivity contribution in [3.8, 4) is 5.75 Å². The largest absolute Gasteiger partial charge is 0.497 e. The van der Waals surface area contributed by atoms with Gasteiger partial charge in [0.05, 0.1) is 13.2 Å². The minimum atomic E-state index is -0.434. The number of aliphatic hydroxyl groups is 1. The second kappa shape index (κ2) is 5.89. The van der Waals surface area contributed by atoms with Gasteiger partial charge in [0, 0.05) is 5.92 Å². The van der Waals surface area contributed by atoms with Gasteiger partial charge in [-0.05, 0) is 37.1 Å². The Morgan fingerprint density at radius 2 is 1.37 bits per heavy atom. The second-order valence-corrected chi connectivity index (χ2v) is 4.90. The van der Waals surface area contributed by atoms with Crippen LogP contribution < -0.4 is 4.74 Å². The van der Waals surface area contributed by atoms with Crippen molar-refractivity contribution in [2.24, 2.45) is 0 Å². The fourth-order valence-electron chi connectivity index (χ4n) is 2.33. The minimum absolute atomic E-state index is 0.00786. The zero-order valence-electron chi connectivity index (χ0n) is 11.6. The first-order chi connectivity index (χ1) is 9.11. The standard InChI is InChI=1S/C17H20O2/c1-12-4-6-14(7-5-12)17(13(2)18)15-8-10-16(19-3)11-9-15/h4-11,13,17-18H,1-3H3. The van der Waals surface area contributed by atoms with Crippen molar-refractivity contribution in [1.82, 2.24) is 0 Å². The van der Waals surface area contributed by atoms with Gasteiger partial charge in [0.15, 0.2) is 0 Å². The van der Waals surface area contributed by atoms with Crippen LogP contribution in [0.2, 0.25) is 0 Å². The third-order valence-corrected chi connectivity index (χ3v) is 3.39. The van der Waals surface area contributed by atoms with Crippen molar-refractivity contribution in [1.29, 1.82) is 0 Å². The number of aryl methyl sites for hydroxylation is 1. The summed E-state index contributed by atoms with van der Waals surface area (Å²) in [5, 5.41) is 10.1. The zero-order valence-corrected chi connectivity index (χ0v) is 11.6. The highest BCUT2D eigenvalue weighted by Gasteiger charge is 2.19. The van der Waals surface area contributed by atoms with Gasteiger partial charge in [-0.15, -0.1) is 0 Å². The Hall–Kier alpha value is -1.80. The van der Waals surface area contributed by atoms with Crippen LogP contribution >= 0.6 is 0 Å². The predicted octanol–water partition coefficient (Wildman–Crippen LogP) is 3.52. The highest BCUT2D eigenvalue weighted by molar-refractivity contribution is 5.37. The summed E-state index contributed by atoms with van der Waals surface area (Å²) >= 11 is 0. The third kappa shape index (κ3) is 3.15. The summed E-state index contributed by atoms with van der Waals surface area (Å²) in [5.41, 5.74) is 3.45. The topological polar surface area (TPSA) is 29.5 Å². The van der Waals surface area contributed by atoms with E-state index in [4.69, 9.17) is 4.74 Å². The van der Waals surface area contributed by atoms with Crippen molar-refractivity contribution in [3.05, 3.63) is 65.2 Å². The molecule has 2 heteroatoms. The van der Waals surface area contributed by atoms with Crippen LogP contribution in [0.5, 0.6) is 5.75 Å². The Balaban J connectivity index is 2.36. The van der Waals surface area contributed by atoms with Crippen LogP contribution in [-0.2, 0) is 0 Å². The Labute approximate surface area is 114 Å². The van der Waals surface area contributed by atoms with Gasteiger partial charge in [0.2, 0.25) is 0 Å². The summed E-state index contributed by atoms with van der Waals surface area (Å²) < 4.78 is 5.17. The Morgan fingerprint density at radius 1 is 0.895 bits per heavy atom. The summed E-state index contributed by atoms with van der Waals surface area (Å²) in [7, 11) is 1.65. The lowest BCUT2D eigenvalue weighted by atomic mass is 9.87. The highest BCUT2D eigenvalue weighted by Crippen LogP contribution is 2.29. The molecule has 0 radical (unpaired) electrons. The van der Waals surface area contributed by atoms with E-state index in [1.54, 1.807) is 7.11 Å². The summed E-state index contributed by atoms with van der Waals surface area (Å²) in [6.07, 6.45) is -0.434. The van der Waals surface area contributed by atoms with Crippen molar-refractivity contribution >= 4 is 0 Å². The fourth-order valence-corrected chi connectivity index (χ4v) is 2.33. The lowest BCUT2D eigenvalue weighted by Crippen LogP contribution is -2.16. The molecule has 0 spiro atoms. The Bertz CT molecular complexity index is 512. The van der Waals surface area contributed by atoms with E-state index in [1.807, 2.05) is 31.2 Å². The first kappa shape index (κ1) is 13.6. The molecule has 1 N–H and O–H groups in total. The highest BCUT2D eigenvalue weighted by atomic mass is 16.5. The van der Waals surface area contributed by atoms with E-state index in [9.17, 15) is 5.11 Å². The average molecular weight is 256 g/mol. The van der Waals surface area contributed by atoms with Gasteiger partial charge in [0.1, 0.15) is 5.75 Å². The summed E-state index contributed by atoms with van der Waals surface area (Å²) in [6, 6.07) is 16.2. The van der Waals surface area contributed by atoms with E-state index in [-0.39, 0.29) is 5.92 Å². The van der Waals surface area contributed by atoms with Crippen LogP contribution in [-0.4, -0.2) is 18.3 Å². The number of ether oxygens (including phenoxy) is 1. The van der Waals surface area contributed by atoms with Gasteiger partial charge in [-0.1, -0.05) is 42.0 Å². The van der Waals surface area contributed by atoms with Gasteiger partial charge in [-0.25, -0.2) is 0 Å². The molecule has 0 fully saturated rings. The molecule has 100 valence electrons. The second-order valence-electron chi connectivity index (χ2n) is 4.90. The molecule has 0 saturated heterocycles. The summed E-state index contributed by atoms with van der Waals surface area (Å²) in [4.78, 5) is 0. The molecule has 0 aliphatic carbocycles. The third-order valence-electron chi connectivity index (χ3n) is 3.39. The van der Waals surface area contributed by atoms with Crippen molar-refractivity contribution in [2.75, 3.05) is 7.11 Å². The number of aliphatic hydroxyl groups excluding tert-OH is 1. The maximum atomic E-state index is 10.1. The number of hydrogen-bond donors (Lipinski definition) is 1. The lowest BCUT2D eigenvalue weighted by molar-refractivity contribution is 0.176. The fraction of sp³-hybridized carbons (Fsp3) is 0.294. The van der Waals surface area contributed by atoms with E-state index in [0.717, 1.165) is 16.9 Å². The summed E-state index contributed by atoms with van der Waals surface area (Å²) in [5.74, 6) is 0.823. The quantitative estimate of drug-likeness (QED) is 0.907. The number of methoxy groups -OCH3 is 1. The molecule has 2 aromatic carbocycles. The molecule has 0 aliphatic heterocycles. The van der Waals surface area contributed by atoms with Gasteiger partial charge >= 0.3 is 0 Å². The van der Waals surface area contributed by atoms with Crippen LogP contribution in [0.4, 0.5) is 0 Å². The lowest BCUT2D eigenvalue weighted by Gasteiger charge is -2.21. The van der Waals surface area contributed by atoms with E-state index in [0.29, 0.717) is 0 Å². The molecule has 2 rings (SSSR count). The molecule has 2 nitrogen and oxygen atoms in total. The Kier molecular flexibility index (Phi) is 4.23. The molecule has 2 atom stereocenters. The van der Waals surface area contributed by atoms with E-state index in [1.165, 1.54) is 5.56 Å².